The molecule has 2 N–H and O–H groups in total. The topological polar surface area (TPSA) is 38.4 Å². The summed E-state index contributed by atoms with van der Waals surface area (Å²) in [5.41, 5.74) is 3.90. The zero-order valence-electron chi connectivity index (χ0n) is 6.24. The van der Waals surface area contributed by atoms with Gasteiger partial charge < -0.3 is 5.73 Å². The molecule has 0 saturated heterocycles. The van der Waals surface area contributed by atoms with Crippen LogP contribution in [0.15, 0.2) is 16.8 Å². The molecule has 0 radical (unpaired) electrons. The molecule has 0 heterocycles. The van der Waals surface area contributed by atoms with Crippen molar-refractivity contribution in [3.8, 4) is 0 Å². The Labute approximate surface area is 62.6 Å². The molecule has 0 aromatic carbocycles. The van der Waals surface area contributed by atoms with Crippen molar-refractivity contribution in [2.45, 2.75) is 13.1 Å². The molecular weight excluding hydrogens is 157 g/mol. The lowest BCUT2D eigenvalue weighted by molar-refractivity contribution is -0.0583. The van der Waals surface area contributed by atoms with Gasteiger partial charge in [-0.2, -0.15) is 13.2 Å². The third-order valence-electron chi connectivity index (χ3n) is 1.12. The molecule has 0 saturated carbocycles. The molecule has 11 heavy (non-hydrogen) atoms. The Balaban J connectivity index is 4.73. The van der Waals surface area contributed by atoms with Crippen LogP contribution in [0.25, 0.3) is 0 Å². The van der Waals surface area contributed by atoms with Gasteiger partial charge in [0.05, 0.1) is 0 Å². The first-order valence-electron chi connectivity index (χ1n) is 2.86. The summed E-state index contributed by atoms with van der Waals surface area (Å²) in [4.78, 5) is 3.07. The summed E-state index contributed by atoms with van der Waals surface area (Å²) in [5.74, 6) is 0. The first kappa shape index (κ1) is 10.0. The fourth-order valence-corrected chi connectivity index (χ4v) is 0.606. The van der Waals surface area contributed by atoms with Crippen LogP contribution in [0.3, 0.4) is 0 Å². The molecule has 2 nitrogen and oxygen atoms in total. The summed E-state index contributed by atoms with van der Waals surface area (Å²) in [6, 6.07) is 0. The lowest BCUT2D eigenvalue weighted by Gasteiger charge is -2.08. The normalized spacial score (nSPS) is 15.4. The summed E-state index contributed by atoms with van der Waals surface area (Å²) in [7, 11) is 1.08. The number of hydrogen-bond acceptors (Lipinski definition) is 2. The number of aliphatic imine (C=N–C) groups is 1. The summed E-state index contributed by atoms with van der Waals surface area (Å²) in [6.45, 7) is 1.26. The number of nitrogens with two attached hydrogens (primary N) is 1. The summed E-state index contributed by atoms with van der Waals surface area (Å²) >= 11 is 0. The molecule has 0 atom stereocenters. The maximum atomic E-state index is 11.9. The van der Waals surface area contributed by atoms with E-state index >= 15 is 0 Å². The molecule has 0 aliphatic carbocycles. The van der Waals surface area contributed by atoms with E-state index < -0.39 is 11.9 Å². The van der Waals surface area contributed by atoms with E-state index in [1.54, 1.807) is 0 Å². The van der Waals surface area contributed by atoms with Crippen LogP contribution in [-0.4, -0.2) is 18.9 Å². The summed E-state index contributed by atoms with van der Waals surface area (Å²) < 4.78 is 35.8. The number of halogens is 3. The number of hydrogen-bond donors (Lipinski definition) is 1. The van der Waals surface area contributed by atoms with E-state index in [0.717, 1.165) is 13.2 Å². The first-order valence-corrected chi connectivity index (χ1v) is 2.86. The first-order chi connectivity index (χ1) is 4.93. The minimum Gasteiger partial charge on any atom is -0.404 e. The standard InChI is InChI=1S/C6H9F3N2/c1-4(3-10)5(11-2)6(7,8)9/h3H,10H2,1-2H3. The highest BCUT2D eigenvalue weighted by atomic mass is 19.4. The van der Waals surface area contributed by atoms with Crippen LogP contribution in [0.4, 0.5) is 13.2 Å². The Morgan fingerprint density at radius 1 is 1.45 bits per heavy atom. The lowest BCUT2D eigenvalue weighted by Crippen LogP contribution is -2.24. The summed E-state index contributed by atoms with van der Waals surface area (Å²) in [5, 5.41) is 0. The fraction of sp³-hybridized carbons (Fsp3) is 0.500. The van der Waals surface area contributed by atoms with Crippen molar-refractivity contribution in [2.75, 3.05) is 7.05 Å². The molecule has 0 aromatic heterocycles. The van der Waals surface area contributed by atoms with Crippen molar-refractivity contribution in [3.05, 3.63) is 11.8 Å². The van der Waals surface area contributed by atoms with E-state index in [9.17, 15) is 13.2 Å². The van der Waals surface area contributed by atoms with Crippen LogP contribution >= 0.6 is 0 Å². The van der Waals surface area contributed by atoms with Crippen LogP contribution in [-0.2, 0) is 0 Å². The van der Waals surface area contributed by atoms with Crippen LogP contribution < -0.4 is 5.73 Å². The van der Waals surface area contributed by atoms with E-state index in [-0.39, 0.29) is 5.57 Å². The molecule has 5 heteroatoms. The van der Waals surface area contributed by atoms with E-state index in [0.29, 0.717) is 0 Å². The largest absolute Gasteiger partial charge is 0.433 e. The average Bonchev–Trinajstić information content (AvgIpc) is 1.86. The van der Waals surface area contributed by atoms with Crippen molar-refractivity contribution >= 4 is 5.71 Å². The molecule has 0 unspecified atom stereocenters. The molecule has 0 rings (SSSR count). The van der Waals surface area contributed by atoms with Gasteiger partial charge in [-0.05, 0) is 18.7 Å². The van der Waals surface area contributed by atoms with Crippen molar-refractivity contribution in [1.82, 2.24) is 0 Å². The number of nitrogens with zero attached hydrogens (tertiary/aromatic N) is 1. The van der Waals surface area contributed by atoms with E-state index in [4.69, 9.17) is 5.73 Å². The maximum Gasteiger partial charge on any atom is 0.433 e. The second-order valence-electron chi connectivity index (χ2n) is 1.92. The van der Waals surface area contributed by atoms with Gasteiger partial charge in [-0.3, -0.25) is 4.99 Å². The average molecular weight is 166 g/mol. The van der Waals surface area contributed by atoms with Gasteiger partial charge in [0.15, 0.2) is 0 Å². The minimum absolute atomic E-state index is 0.0694. The maximum absolute atomic E-state index is 11.9. The fourth-order valence-electron chi connectivity index (χ4n) is 0.606. The molecule has 0 fully saturated rings. The van der Waals surface area contributed by atoms with E-state index in [2.05, 4.69) is 4.99 Å². The third-order valence-corrected chi connectivity index (χ3v) is 1.12. The predicted octanol–water partition coefficient (Wildman–Crippen LogP) is 1.48. The van der Waals surface area contributed by atoms with Gasteiger partial charge in [-0.25, -0.2) is 0 Å². The van der Waals surface area contributed by atoms with Gasteiger partial charge in [0, 0.05) is 7.05 Å². The van der Waals surface area contributed by atoms with Crippen LogP contribution in [0.5, 0.6) is 0 Å². The SMILES string of the molecule is CN=C(C(C)=CN)C(F)(F)F. The van der Waals surface area contributed by atoms with Crippen LogP contribution in [0.1, 0.15) is 6.92 Å². The Hall–Kier alpha value is -1.00. The Kier molecular flexibility index (Phi) is 3.10. The third kappa shape index (κ3) is 2.61. The predicted molar refractivity (Wildman–Crippen MR) is 37.4 cm³/mol. The van der Waals surface area contributed by atoms with Crippen LogP contribution in [0.2, 0.25) is 0 Å². The van der Waals surface area contributed by atoms with Gasteiger partial charge in [0.1, 0.15) is 5.71 Å². The van der Waals surface area contributed by atoms with Gasteiger partial charge in [-0.15, -0.1) is 0 Å². The van der Waals surface area contributed by atoms with Gasteiger partial charge in [-0.1, -0.05) is 0 Å². The molecule has 0 bridgehead atoms. The Morgan fingerprint density at radius 3 is 2.00 bits per heavy atom. The smallest absolute Gasteiger partial charge is 0.404 e. The second-order valence-corrected chi connectivity index (χ2v) is 1.92. The molecule has 0 spiro atoms. The van der Waals surface area contributed by atoms with Crippen LogP contribution in [0, 0.1) is 0 Å². The minimum atomic E-state index is -4.41. The second kappa shape index (κ2) is 3.41. The van der Waals surface area contributed by atoms with Crippen molar-refractivity contribution < 1.29 is 13.2 Å². The lowest BCUT2D eigenvalue weighted by atomic mass is 10.2. The van der Waals surface area contributed by atoms with Gasteiger partial charge in [0.25, 0.3) is 0 Å². The molecule has 0 aliphatic heterocycles. The number of allylic oxidation sites excluding steroid dienone is 1. The highest BCUT2D eigenvalue weighted by molar-refractivity contribution is 6.03. The van der Waals surface area contributed by atoms with Crippen molar-refractivity contribution in [2.24, 2.45) is 10.7 Å². The molecule has 64 valence electrons. The van der Waals surface area contributed by atoms with E-state index in [1.165, 1.54) is 6.92 Å². The Morgan fingerprint density at radius 2 is 1.91 bits per heavy atom. The monoisotopic (exact) mass is 166 g/mol. The quantitative estimate of drug-likeness (QED) is 0.589. The number of alkyl halides is 3. The highest BCUT2D eigenvalue weighted by Gasteiger charge is 2.35. The Bertz CT molecular complexity index is 190. The van der Waals surface area contributed by atoms with Gasteiger partial charge in [0.2, 0.25) is 0 Å². The molecular formula is C6H9F3N2. The van der Waals surface area contributed by atoms with Crippen molar-refractivity contribution in [3.63, 3.8) is 0 Å². The number of rotatable bonds is 1. The summed E-state index contributed by atoms with van der Waals surface area (Å²) in [6.07, 6.45) is -3.52. The molecule has 0 amide bonds. The molecule has 0 aromatic rings. The van der Waals surface area contributed by atoms with Gasteiger partial charge >= 0.3 is 6.18 Å². The van der Waals surface area contributed by atoms with E-state index in [1.807, 2.05) is 0 Å². The van der Waals surface area contributed by atoms with Crippen molar-refractivity contribution in [1.29, 1.82) is 0 Å². The molecule has 0 aliphatic rings. The zero-order chi connectivity index (χ0) is 9.07. The zero-order valence-corrected chi connectivity index (χ0v) is 6.24. The highest BCUT2D eigenvalue weighted by Crippen LogP contribution is 2.21.